The van der Waals surface area contributed by atoms with E-state index in [-0.39, 0.29) is 42.8 Å². The Bertz CT molecular complexity index is 102. The zero-order valence-corrected chi connectivity index (χ0v) is 7.03. The third kappa shape index (κ3) is 8.70. The Balaban J connectivity index is -0.000000180. The first-order valence-corrected chi connectivity index (χ1v) is 1.59. The van der Waals surface area contributed by atoms with Crippen molar-refractivity contribution in [2.45, 2.75) is 5.79 Å². The Kier molecular flexibility index (Phi) is 12.4. The van der Waals surface area contributed by atoms with Gasteiger partial charge in [0.15, 0.2) is 0 Å². The minimum absolute atomic E-state index is 0. The molecule has 0 spiro atoms. The minimum Gasteiger partial charge on any atom is -1.00 e. The fourth-order valence-corrected chi connectivity index (χ4v) is 0.0354. The van der Waals surface area contributed by atoms with Crippen LogP contribution in [0.5, 0.6) is 0 Å². The summed E-state index contributed by atoms with van der Waals surface area (Å²) in [6, 6.07) is 1.05. The van der Waals surface area contributed by atoms with E-state index in [1.54, 1.807) is 0 Å². The predicted octanol–water partition coefficient (Wildman–Crippen LogP) is -7.81. The van der Waals surface area contributed by atoms with Crippen LogP contribution in [0.25, 0.3) is 0 Å². The fraction of sp³-hybridized carbons (Fsp3) is 0.667. The molecular formula is C3H5ILiNO3. The smallest absolute Gasteiger partial charge is 1.00 e. The first kappa shape index (κ1) is 16.4. The Morgan fingerprint density at radius 2 is 1.78 bits per heavy atom. The van der Waals surface area contributed by atoms with Gasteiger partial charge in [-0.25, -0.2) is 0 Å². The quantitative estimate of drug-likeness (QED) is 0.183. The van der Waals surface area contributed by atoms with E-state index in [0.717, 1.165) is 6.07 Å². The molecule has 48 valence electrons. The number of aliphatic hydroxyl groups excluding tert-OH is 1. The third-order valence-corrected chi connectivity index (χ3v) is 0.400. The fourth-order valence-electron chi connectivity index (χ4n) is 0.0354. The van der Waals surface area contributed by atoms with Crippen LogP contribution in [0.1, 0.15) is 0 Å². The minimum atomic E-state index is -2.56. The Morgan fingerprint density at radius 1 is 1.44 bits per heavy atom. The summed E-state index contributed by atoms with van der Waals surface area (Å²) in [5.41, 5.74) is 0. The monoisotopic (exact) mass is 237 g/mol. The van der Waals surface area contributed by atoms with Crippen LogP contribution in [0.15, 0.2) is 0 Å². The molecule has 0 aromatic carbocycles. The van der Waals surface area contributed by atoms with Gasteiger partial charge in [0.2, 0.25) is 0 Å². The second-order valence-corrected chi connectivity index (χ2v) is 1.09. The molecule has 3 N–H and O–H groups in total. The summed E-state index contributed by atoms with van der Waals surface area (Å²) in [6.45, 7) is -0.955. The summed E-state index contributed by atoms with van der Waals surface area (Å²) in [6.07, 6.45) is 0. The van der Waals surface area contributed by atoms with E-state index >= 15 is 0 Å². The molecule has 0 heterocycles. The van der Waals surface area contributed by atoms with Gasteiger partial charge in [-0.05, 0) is 0 Å². The van der Waals surface area contributed by atoms with Gasteiger partial charge >= 0.3 is 18.9 Å². The summed E-state index contributed by atoms with van der Waals surface area (Å²) in [5.74, 6) is -2.56. The predicted molar refractivity (Wildman–Crippen MR) is 19.9 cm³/mol. The first-order chi connectivity index (χ1) is 3.12. The van der Waals surface area contributed by atoms with Gasteiger partial charge in [0, 0.05) is 0 Å². The Hall–Kier alpha value is 0.697. The van der Waals surface area contributed by atoms with E-state index in [1.807, 2.05) is 0 Å². The number of hydrogen-bond acceptors (Lipinski definition) is 4. The van der Waals surface area contributed by atoms with Gasteiger partial charge in [0.1, 0.15) is 12.7 Å². The van der Waals surface area contributed by atoms with Crippen molar-refractivity contribution in [3.8, 4) is 6.07 Å². The third-order valence-electron chi connectivity index (χ3n) is 0.400. The molecule has 0 unspecified atom stereocenters. The van der Waals surface area contributed by atoms with E-state index in [4.69, 9.17) is 20.6 Å². The zero-order chi connectivity index (χ0) is 5.91. The molecule has 9 heavy (non-hydrogen) atoms. The van der Waals surface area contributed by atoms with Gasteiger partial charge in [-0.2, -0.15) is 5.26 Å². The molecule has 6 heteroatoms. The van der Waals surface area contributed by atoms with Crippen LogP contribution in [-0.4, -0.2) is 27.7 Å². The van der Waals surface area contributed by atoms with Gasteiger partial charge in [-0.1, -0.05) is 0 Å². The van der Waals surface area contributed by atoms with Crippen LogP contribution >= 0.6 is 0 Å². The molecule has 0 fully saturated rings. The van der Waals surface area contributed by atoms with E-state index in [0.29, 0.717) is 0 Å². The van der Waals surface area contributed by atoms with Crippen LogP contribution < -0.4 is 42.8 Å². The SMILES string of the molecule is N#CC(O)(O)CO.[I-].[Li+]. The molecule has 0 aromatic rings. The van der Waals surface area contributed by atoms with E-state index in [1.165, 1.54) is 0 Å². The Morgan fingerprint density at radius 3 is 1.78 bits per heavy atom. The van der Waals surface area contributed by atoms with Crippen molar-refractivity contribution in [1.82, 2.24) is 0 Å². The van der Waals surface area contributed by atoms with Gasteiger partial charge in [0.05, 0.1) is 0 Å². The molecule has 0 amide bonds. The van der Waals surface area contributed by atoms with Crippen molar-refractivity contribution in [2.75, 3.05) is 6.61 Å². The summed E-state index contributed by atoms with van der Waals surface area (Å²) >= 11 is 0. The van der Waals surface area contributed by atoms with E-state index in [2.05, 4.69) is 0 Å². The van der Waals surface area contributed by atoms with Crippen molar-refractivity contribution in [3.05, 3.63) is 0 Å². The van der Waals surface area contributed by atoms with Crippen molar-refractivity contribution in [2.24, 2.45) is 0 Å². The second-order valence-electron chi connectivity index (χ2n) is 1.09. The summed E-state index contributed by atoms with van der Waals surface area (Å²) in [5, 5.41) is 31.7. The molecule has 0 saturated heterocycles. The molecular weight excluding hydrogens is 232 g/mol. The molecule has 0 bridgehead atoms. The molecule has 0 radical (unpaired) electrons. The zero-order valence-electron chi connectivity index (χ0n) is 4.87. The summed E-state index contributed by atoms with van der Waals surface area (Å²) < 4.78 is 0. The molecule has 0 aliphatic rings. The second kappa shape index (κ2) is 6.81. The normalized spacial score (nSPS) is 8.22. The van der Waals surface area contributed by atoms with Crippen molar-refractivity contribution in [3.63, 3.8) is 0 Å². The van der Waals surface area contributed by atoms with Crippen LogP contribution in [0.2, 0.25) is 0 Å². The number of aliphatic hydroxyl groups is 3. The number of rotatable bonds is 1. The number of nitriles is 1. The largest absolute Gasteiger partial charge is 1.00 e. The average molecular weight is 237 g/mol. The molecule has 4 nitrogen and oxygen atoms in total. The van der Waals surface area contributed by atoms with Crippen LogP contribution in [-0.2, 0) is 0 Å². The van der Waals surface area contributed by atoms with Gasteiger partial charge in [0.25, 0.3) is 5.79 Å². The summed E-state index contributed by atoms with van der Waals surface area (Å²) in [7, 11) is 0. The molecule has 0 aliphatic heterocycles. The van der Waals surface area contributed by atoms with Crippen LogP contribution in [0, 0.1) is 11.3 Å². The average Bonchev–Trinajstić information content (AvgIpc) is 1.68. The maximum absolute atomic E-state index is 8.08. The molecule has 0 rings (SSSR count). The Labute approximate surface area is 81.7 Å². The first-order valence-electron chi connectivity index (χ1n) is 1.59. The van der Waals surface area contributed by atoms with Crippen molar-refractivity contribution >= 4 is 0 Å². The van der Waals surface area contributed by atoms with Crippen LogP contribution in [0.3, 0.4) is 0 Å². The van der Waals surface area contributed by atoms with Gasteiger partial charge in [-0.15, -0.1) is 0 Å². The number of hydrogen-bond donors (Lipinski definition) is 3. The summed E-state index contributed by atoms with van der Waals surface area (Å²) in [4.78, 5) is 0. The van der Waals surface area contributed by atoms with Crippen molar-refractivity contribution in [1.29, 1.82) is 5.26 Å². The molecule has 0 aromatic heterocycles. The standard InChI is InChI=1S/C3H5NO3.HI.Li/c4-1-3(6,7)2-5;;/h5-7H,2H2;1H;/q;;+1/p-1. The molecule has 0 saturated carbocycles. The number of halogens is 1. The topological polar surface area (TPSA) is 84.5 Å². The maximum Gasteiger partial charge on any atom is 1.00 e. The van der Waals surface area contributed by atoms with E-state index in [9.17, 15) is 0 Å². The van der Waals surface area contributed by atoms with Crippen LogP contribution in [0.4, 0.5) is 0 Å². The maximum atomic E-state index is 8.08. The van der Waals surface area contributed by atoms with Gasteiger partial charge < -0.3 is 39.3 Å². The van der Waals surface area contributed by atoms with Gasteiger partial charge in [-0.3, -0.25) is 0 Å². The van der Waals surface area contributed by atoms with E-state index < -0.39 is 12.4 Å². The molecule has 0 aliphatic carbocycles. The number of nitrogens with zero attached hydrogens (tertiary/aromatic N) is 1. The van der Waals surface area contributed by atoms with Crippen molar-refractivity contribution < 1.29 is 58.2 Å². The molecule has 0 atom stereocenters.